The maximum Gasteiger partial charge on any atom is 0.270 e. The Bertz CT molecular complexity index is 869. The number of hydrogen-bond donors (Lipinski definition) is 2. The zero-order valence-electron chi connectivity index (χ0n) is 16.6. The Balaban J connectivity index is 1.78. The fraction of sp³-hybridized carbons (Fsp3) is 0.286. The Kier molecular flexibility index (Phi) is 8.48. The van der Waals surface area contributed by atoms with Gasteiger partial charge in [-0.15, -0.1) is 0 Å². The Labute approximate surface area is 175 Å². The fourth-order valence-corrected chi connectivity index (χ4v) is 2.70. The molecule has 0 saturated heterocycles. The third-order valence-electron chi connectivity index (χ3n) is 4.12. The molecule has 0 bridgehead atoms. The average Bonchev–Trinajstić information content (AvgIpc) is 2.71. The van der Waals surface area contributed by atoms with Crippen molar-refractivity contribution >= 4 is 35.3 Å². The summed E-state index contributed by atoms with van der Waals surface area (Å²) in [5.74, 6) is -0.432. The topological polar surface area (TPSA) is 89.0 Å². The van der Waals surface area contributed by atoms with Crippen LogP contribution in [0.5, 0.6) is 5.75 Å². The molecule has 0 heterocycles. The molecular formula is C21H24ClN3O4. The summed E-state index contributed by atoms with van der Waals surface area (Å²) in [5, 5.41) is 9.35. The monoisotopic (exact) mass is 417 g/mol. The molecule has 29 heavy (non-hydrogen) atoms. The van der Waals surface area contributed by atoms with Crippen molar-refractivity contribution < 1.29 is 19.2 Å². The molecule has 0 saturated carbocycles. The number of ether oxygens (including phenoxy) is 1. The SMILES string of the molecule is CCc1ccc([C@H](C)NC(=O)CO/N=C\C(=O)Nc2cc(Cl)ccc2OC)cc1. The van der Waals surface area contributed by atoms with Gasteiger partial charge in [0.2, 0.25) is 0 Å². The van der Waals surface area contributed by atoms with Crippen LogP contribution in [-0.2, 0) is 20.8 Å². The molecule has 0 aromatic heterocycles. The van der Waals surface area contributed by atoms with Crippen LogP contribution in [0.1, 0.15) is 31.0 Å². The fourth-order valence-electron chi connectivity index (χ4n) is 2.53. The number of amides is 2. The third kappa shape index (κ3) is 7.12. The highest BCUT2D eigenvalue weighted by Crippen LogP contribution is 2.27. The van der Waals surface area contributed by atoms with Gasteiger partial charge < -0.3 is 20.2 Å². The summed E-state index contributed by atoms with van der Waals surface area (Å²) in [6, 6.07) is 12.7. The lowest BCUT2D eigenvalue weighted by atomic mass is 10.1. The highest BCUT2D eigenvalue weighted by Gasteiger charge is 2.10. The van der Waals surface area contributed by atoms with Crippen LogP contribution in [0.2, 0.25) is 5.02 Å². The highest BCUT2D eigenvalue weighted by atomic mass is 35.5. The van der Waals surface area contributed by atoms with Gasteiger partial charge in [-0.05, 0) is 42.7 Å². The maximum absolute atomic E-state index is 12.0. The second-order valence-electron chi connectivity index (χ2n) is 6.23. The molecule has 0 radical (unpaired) electrons. The van der Waals surface area contributed by atoms with Crippen molar-refractivity contribution in [1.82, 2.24) is 5.32 Å². The largest absolute Gasteiger partial charge is 0.495 e. The van der Waals surface area contributed by atoms with Gasteiger partial charge in [-0.3, -0.25) is 9.59 Å². The van der Waals surface area contributed by atoms with E-state index in [9.17, 15) is 9.59 Å². The predicted molar refractivity (Wildman–Crippen MR) is 113 cm³/mol. The first kappa shape index (κ1) is 22.2. The van der Waals surface area contributed by atoms with Crippen LogP contribution in [0.25, 0.3) is 0 Å². The van der Waals surface area contributed by atoms with Crippen LogP contribution >= 0.6 is 11.6 Å². The molecule has 0 fully saturated rings. The Hall–Kier alpha value is -3.06. The first-order valence-electron chi connectivity index (χ1n) is 9.11. The molecule has 0 unspecified atom stereocenters. The van der Waals surface area contributed by atoms with Crippen LogP contribution in [0, 0.1) is 0 Å². The predicted octanol–water partition coefficient (Wildman–Crippen LogP) is 3.73. The van der Waals surface area contributed by atoms with Crippen molar-refractivity contribution in [2.75, 3.05) is 19.0 Å². The van der Waals surface area contributed by atoms with Crippen LogP contribution in [0.4, 0.5) is 5.69 Å². The number of methoxy groups -OCH3 is 1. The van der Waals surface area contributed by atoms with Crippen molar-refractivity contribution in [2.24, 2.45) is 5.16 Å². The van der Waals surface area contributed by atoms with Gasteiger partial charge in [0, 0.05) is 5.02 Å². The van der Waals surface area contributed by atoms with Crippen LogP contribution in [0.3, 0.4) is 0 Å². The quantitative estimate of drug-likeness (QED) is 0.480. The first-order valence-corrected chi connectivity index (χ1v) is 9.48. The van der Waals surface area contributed by atoms with Gasteiger partial charge in [0.25, 0.3) is 11.8 Å². The summed E-state index contributed by atoms with van der Waals surface area (Å²) in [4.78, 5) is 28.8. The minimum Gasteiger partial charge on any atom is -0.495 e. The van der Waals surface area contributed by atoms with Gasteiger partial charge in [0.1, 0.15) is 12.0 Å². The lowest BCUT2D eigenvalue weighted by Crippen LogP contribution is -2.29. The number of oxime groups is 1. The number of nitrogens with one attached hydrogen (secondary N) is 2. The third-order valence-corrected chi connectivity index (χ3v) is 4.36. The molecule has 8 heteroatoms. The summed E-state index contributed by atoms with van der Waals surface area (Å²) in [7, 11) is 1.48. The highest BCUT2D eigenvalue weighted by molar-refractivity contribution is 6.33. The van der Waals surface area contributed by atoms with E-state index < -0.39 is 5.91 Å². The molecule has 0 spiro atoms. The van der Waals surface area contributed by atoms with Crippen LogP contribution in [-0.4, -0.2) is 31.7 Å². The van der Waals surface area contributed by atoms with E-state index in [1.165, 1.54) is 12.7 Å². The Morgan fingerprint density at radius 3 is 2.59 bits per heavy atom. The standard InChI is InChI=1S/C21H24ClN3O4/c1-4-15-5-7-16(8-6-15)14(2)24-21(27)13-29-23-12-20(26)25-18-11-17(22)9-10-19(18)28-3/h5-12,14H,4,13H2,1-3H3,(H,24,27)(H,25,26)/b23-12-/t14-/m0/s1. The lowest BCUT2D eigenvalue weighted by Gasteiger charge is -2.14. The van der Waals surface area contributed by atoms with Gasteiger partial charge in [0.15, 0.2) is 6.61 Å². The molecule has 7 nitrogen and oxygen atoms in total. The molecule has 2 aromatic carbocycles. The van der Waals surface area contributed by atoms with Gasteiger partial charge in [0.05, 0.1) is 18.8 Å². The van der Waals surface area contributed by atoms with Crippen molar-refractivity contribution in [3.8, 4) is 5.75 Å². The molecule has 0 aliphatic carbocycles. The zero-order chi connectivity index (χ0) is 21.2. The van der Waals surface area contributed by atoms with Gasteiger partial charge in [-0.2, -0.15) is 0 Å². The minimum absolute atomic E-state index is 0.167. The normalized spacial score (nSPS) is 11.7. The van der Waals surface area contributed by atoms with E-state index in [4.69, 9.17) is 21.2 Å². The van der Waals surface area contributed by atoms with E-state index in [2.05, 4.69) is 22.7 Å². The van der Waals surface area contributed by atoms with E-state index in [0.29, 0.717) is 16.5 Å². The van der Waals surface area contributed by atoms with Crippen molar-refractivity contribution in [3.63, 3.8) is 0 Å². The van der Waals surface area contributed by atoms with Crippen molar-refractivity contribution in [2.45, 2.75) is 26.3 Å². The number of halogens is 1. The summed E-state index contributed by atoms with van der Waals surface area (Å²) in [6.07, 6.45) is 1.89. The minimum atomic E-state index is -0.546. The van der Waals surface area contributed by atoms with Gasteiger partial charge in [-0.25, -0.2) is 0 Å². The summed E-state index contributed by atoms with van der Waals surface area (Å²) < 4.78 is 5.14. The molecule has 0 aliphatic rings. The molecule has 0 aliphatic heterocycles. The number of aryl methyl sites for hydroxylation is 1. The number of benzene rings is 2. The Morgan fingerprint density at radius 2 is 1.93 bits per heavy atom. The first-order chi connectivity index (χ1) is 13.9. The van der Waals surface area contributed by atoms with Crippen LogP contribution < -0.4 is 15.4 Å². The van der Waals surface area contributed by atoms with Gasteiger partial charge in [-0.1, -0.05) is 47.9 Å². The average molecular weight is 418 g/mol. The number of anilines is 1. The molecule has 154 valence electrons. The molecule has 1 atom stereocenters. The maximum atomic E-state index is 12.0. The smallest absolute Gasteiger partial charge is 0.270 e. The second-order valence-corrected chi connectivity index (χ2v) is 6.66. The van der Waals surface area contributed by atoms with E-state index in [1.807, 2.05) is 31.2 Å². The van der Waals surface area contributed by atoms with E-state index in [0.717, 1.165) is 18.2 Å². The van der Waals surface area contributed by atoms with Crippen molar-refractivity contribution in [3.05, 3.63) is 58.6 Å². The molecule has 2 amide bonds. The number of carbonyl (C=O) groups is 2. The number of carbonyl (C=O) groups excluding carboxylic acids is 2. The van der Waals surface area contributed by atoms with E-state index in [-0.39, 0.29) is 18.6 Å². The molecular weight excluding hydrogens is 394 g/mol. The summed E-state index contributed by atoms with van der Waals surface area (Å²) in [5.41, 5.74) is 2.63. The van der Waals surface area contributed by atoms with Crippen LogP contribution in [0.15, 0.2) is 47.6 Å². The number of nitrogens with zero attached hydrogens (tertiary/aromatic N) is 1. The Morgan fingerprint density at radius 1 is 1.21 bits per heavy atom. The zero-order valence-corrected chi connectivity index (χ0v) is 17.3. The second kappa shape index (κ2) is 11.1. The molecule has 2 rings (SSSR count). The number of rotatable bonds is 9. The lowest BCUT2D eigenvalue weighted by molar-refractivity contribution is -0.126. The summed E-state index contributed by atoms with van der Waals surface area (Å²) in [6.45, 7) is 3.67. The van der Waals surface area contributed by atoms with E-state index >= 15 is 0 Å². The number of hydrogen-bond acceptors (Lipinski definition) is 5. The molecule has 2 aromatic rings. The van der Waals surface area contributed by atoms with Crippen molar-refractivity contribution in [1.29, 1.82) is 0 Å². The van der Waals surface area contributed by atoms with E-state index in [1.54, 1.807) is 18.2 Å². The molecule has 2 N–H and O–H groups in total. The van der Waals surface area contributed by atoms with Gasteiger partial charge >= 0.3 is 0 Å². The summed E-state index contributed by atoms with van der Waals surface area (Å²) >= 11 is 5.91.